The van der Waals surface area contributed by atoms with Crippen LogP contribution in [-0.4, -0.2) is 31.8 Å². The summed E-state index contributed by atoms with van der Waals surface area (Å²) in [7, 11) is 1.72. The maximum atomic E-state index is 4.98. The van der Waals surface area contributed by atoms with Gasteiger partial charge in [-0.15, -0.1) is 0 Å². The molecule has 1 aromatic carbocycles. The molecule has 0 atom stereocenters. The SMILES string of the molecule is COCCNCCc1c[nH]c2ccccc12. The minimum absolute atomic E-state index is 0.772. The number of aromatic nitrogens is 1. The summed E-state index contributed by atoms with van der Waals surface area (Å²) < 4.78 is 4.98. The molecule has 1 aromatic heterocycles. The molecule has 86 valence electrons. The molecule has 0 saturated carbocycles. The third-order valence-corrected chi connectivity index (χ3v) is 2.73. The first-order valence-electron chi connectivity index (χ1n) is 5.66. The van der Waals surface area contributed by atoms with E-state index in [1.807, 2.05) is 0 Å². The highest BCUT2D eigenvalue weighted by Crippen LogP contribution is 2.17. The minimum atomic E-state index is 0.772. The van der Waals surface area contributed by atoms with Gasteiger partial charge < -0.3 is 15.0 Å². The highest BCUT2D eigenvalue weighted by molar-refractivity contribution is 5.83. The Morgan fingerprint density at radius 2 is 2.12 bits per heavy atom. The van der Waals surface area contributed by atoms with Crippen LogP contribution in [0.2, 0.25) is 0 Å². The van der Waals surface area contributed by atoms with Gasteiger partial charge in [0.2, 0.25) is 0 Å². The molecule has 0 amide bonds. The zero-order valence-electron chi connectivity index (χ0n) is 9.62. The summed E-state index contributed by atoms with van der Waals surface area (Å²) >= 11 is 0. The van der Waals surface area contributed by atoms with Crippen molar-refractivity contribution in [1.29, 1.82) is 0 Å². The number of hydrogen-bond donors (Lipinski definition) is 2. The van der Waals surface area contributed by atoms with E-state index < -0.39 is 0 Å². The van der Waals surface area contributed by atoms with Gasteiger partial charge in [-0.2, -0.15) is 0 Å². The Labute approximate surface area is 95.8 Å². The van der Waals surface area contributed by atoms with E-state index in [9.17, 15) is 0 Å². The number of aromatic amines is 1. The lowest BCUT2D eigenvalue weighted by atomic mass is 10.1. The molecule has 0 spiro atoms. The van der Waals surface area contributed by atoms with Gasteiger partial charge in [0.1, 0.15) is 0 Å². The van der Waals surface area contributed by atoms with Crippen molar-refractivity contribution >= 4 is 10.9 Å². The molecule has 2 rings (SSSR count). The molecule has 16 heavy (non-hydrogen) atoms. The molecule has 0 saturated heterocycles. The Balaban J connectivity index is 1.89. The van der Waals surface area contributed by atoms with Gasteiger partial charge in [-0.05, 0) is 24.6 Å². The van der Waals surface area contributed by atoms with Crippen LogP contribution in [0.1, 0.15) is 5.56 Å². The van der Waals surface area contributed by atoms with Crippen LogP contribution < -0.4 is 5.32 Å². The van der Waals surface area contributed by atoms with Crippen LogP contribution in [0.25, 0.3) is 10.9 Å². The number of fused-ring (bicyclic) bond motifs is 1. The fourth-order valence-electron chi connectivity index (χ4n) is 1.86. The number of rotatable bonds is 6. The quantitative estimate of drug-likeness (QED) is 0.727. The molecule has 0 fully saturated rings. The van der Waals surface area contributed by atoms with Crippen molar-refractivity contribution in [1.82, 2.24) is 10.3 Å². The first kappa shape index (κ1) is 11.2. The van der Waals surface area contributed by atoms with E-state index in [4.69, 9.17) is 4.74 Å². The van der Waals surface area contributed by atoms with Crippen LogP contribution in [0.15, 0.2) is 30.5 Å². The van der Waals surface area contributed by atoms with Gasteiger partial charge in [-0.1, -0.05) is 18.2 Å². The van der Waals surface area contributed by atoms with Crippen LogP contribution >= 0.6 is 0 Å². The number of methoxy groups -OCH3 is 1. The monoisotopic (exact) mass is 218 g/mol. The van der Waals surface area contributed by atoms with E-state index in [1.165, 1.54) is 16.5 Å². The van der Waals surface area contributed by atoms with E-state index in [1.54, 1.807) is 7.11 Å². The minimum Gasteiger partial charge on any atom is -0.383 e. The zero-order chi connectivity index (χ0) is 11.2. The highest BCUT2D eigenvalue weighted by Gasteiger charge is 2.01. The highest BCUT2D eigenvalue weighted by atomic mass is 16.5. The summed E-state index contributed by atoms with van der Waals surface area (Å²) in [6.07, 6.45) is 3.15. The van der Waals surface area contributed by atoms with E-state index in [-0.39, 0.29) is 0 Å². The van der Waals surface area contributed by atoms with Crippen molar-refractivity contribution in [3.8, 4) is 0 Å². The van der Waals surface area contributed by atoms with Crippen molar-refractivity contribution in [3.63, 3.8) is 0 Å². The van der Waals surface area contributed by atoms with Crippen molar-refractivity contribution in [2.75, 3.05) is 26.8 Å². The Kier molecular flexibility index (Phi) is 3.97. The predicted molar refractivity (Wildman–Crippen MR) is 66.7 cm³/mol. The van der Waals surface area contributed by atoms with Crippen LogP contribution in [0.3, 0.4) is 0 Å². The molecular weight excluding hydrogens is 200 g/mol. The fourth-order valence-corrected chi connectivity index (χ4v) is 1.86. The topological polar surface area (TPSA) is 37.0 Å². The summed E-state index contributed by atoms with van der Waals surface area (Å²) in [4.78, 5) is 3.29. The normalized spacial score (nSPS) is 11.1. The Morgan fingerprint density at radius 1 is 1.25 bits per heavy atom. The number of ether oxygens (including phenoxy) is 1. The van der Waals surface area contributed by atoms with Gasteiger partial charge in [0, 0.05) is 30.8 Å². The number of H-pyrrole nitrogens is 1. The van der Waals surface area contributed by atoms with E-state index in [0.717, 1.165) is 26.1 Å². The predicted octanol–water partition coefficient (Wildman–Crippen LogP) is 1.95. The number of hydrogen-bond acceptors (Lipinski definition) is 2. The summed E-state index contributed by atoms with van der Waals surface area (Å²) in [5.74, 6) is 0. The largest absolute Gasteiger partial charge is 0.383 e. The van der Waals surface area contributed by atoms with E-state index in [2.05, 4.69) is 40.8 Å². The van der Waals surface area contributed by atoms with Gasteiger partial charge in [0.25, 0.3) is 0 Å². The van der Waals surface area contributed by atoms with Crippen LogP contribution in [0, 0.1) is 0 Å². The first-order valence-corrected chi connectivity index (χ1v) is 5.66. The smallest absolute Gasteiger partial charge is 0.0587 e. The third kappa shape index (κ3) is 2.62. The molecule has 0 aliphatic carbocycles. The lowest BCUT2D eigenvalue weighted by Crippen LogP contribution is -2.21. The zero-order valence-corrected chi connectivity index (χ0v) is 9.62. The molecule has 2 N–H and O–H groups in total. The molecule has 0 aliphatic rings. The van der Waals surface area contributed by atoms with E-state index in [0.29, 0.717) is 0 Å². The van der Waals surface area contributed by atoms with Gasteiger partial charge in [0.15, 0.2) is 0 Å². The first-order chi connectivity index (χ1) is 7.92. The molecule has 3 heteroatoms. The summed E-state index contributed by atoms with van der Waals surface area (Å²) in [6.45, 7) is 2.68. The molecule has 2 aromatic rings. The van der Waals surface area contributed by atoms with Crippen LogP contribution in [0.5, 0.6) is 0 Å². The summed E-state index contributed by atoms with van der Waals surface area (Å²) in [6, 6.07) is 8.41. The Morgan fingerprint density at radius 3 is 3.00 bits per heavy atom. The third-order valence-electron chi connectivity index (χ3n) is 2.73. The maximum Gasteiger partial charge on any atom is 0.0587 e. The molecule has 0 unspecified atom stereocenters. The van der Waals surface area contributed by atoms with Crippen LogP contribution in [0.4, 0.5) is 0 Å². The average Bonchev–Trinajstić information content (AvgIpc) is 2.73. The van der Waals surface area contributed by atoms with Gasteiger partial charge >= 0.3 is 0 Å². The van der Waals surface area contributed by atoms with Crippen molar-refractivity contribution in [2.24, 2.45) is 0 Å². The molecular formula is C13H18N2O. The number of para-hydroxylation sites is 1. The molecule has 0 radical (unpaired) electrons. The van der Waals surface area contributed by atoms with Crippen molar-refractivity contribution in [2.45, 2.75) is 6.42 Å². The maximum absolute atomic E-state index is 4.98. The summed E-state index contributed by atoms with van der Waals surface area (Å²) in [5.41, 5.74) is 2.59. The standard InChI is InChI=1S/C13H18N2O/c1-16-9-8-14-7-6-11-10-15-13-5-3-2-4-12(11)13/h2-5,10,14-15H,6-9H2,1H3. The lowest BCUT2D eigenvalue weighted by molar-refractivity contribution is 0.199. The van der Waals surface area contributed by atoms with Gasteiger partial charge in [-0.25, -0.2) is 0 Å². The summed E-state index contributed by atoms with van der Waals surface area (Å²) in [5, 5.41) is 4.68. The average molecular weight is 218 g/mol. The lowest BCUT2D eigenvalue weighted by Gasteiger charge is -2.03. The number of nitrogens with one attached hydrogen (secondary N) is 2. The number of benzene rings is 1. The second-order valence-electron chi connectivity index (χ2n) is 3.85. The van der Waals surface area contributed by atoms with Crippen molar-refractivity contribution in [3.05, 3.63) is 36.0 Å². The molecule has 0 bridgehead atoms. The molecule has 1 heterocycles. The Hall–Kier alpha value is -1.32. The second-order valence-corrected chi connectivity index (χ2v) is 3.85. The van der Waals surface area contributed by atoms with E-state index >= 15 is 0 Å². The molecule has 0 aliphatic heterocycles. The fraction of sp³-hybridized carbons (Fsp3) is 0.385. The second kappa shape index (κ2) is 5.68. The van der Waals surface area contributed by atoms with Crippen molar-refractivity contribution < 1.29 is 4.74 Å². The van der Waals surface area contributed by atoms with Gasteiger partial charge in [-0.3, -0.25) is 0 Å². The molecule has 3 nitrogen and oxygen atoms in total. The Bertz CT molecular complexity index is 436. The van der Waals surface area contributed by atoms with Gasteiger partial charge in [0.05, 0.1) is 6.61 Å². The van der Waals surface area contributed by atoms with Crippen LogP contribution in [-0.2, 0) is 11.2 Å².